The van der Waals surface area contributed by atoms with Crippen LogP contribution in [0, 0.1) is 12.7 Å². The minimum atomic E-state index is -0.199. The molecule has 0 unspecified atom stereocenters. The Labute approximate surface area is 170 Å². The number of nitrogens with one attached hydrogen (secondary N) is 2. The summed E-state index contributed by atoms with van der Waals surface area (Å²) in [5, 5.41) is 6.54. The summed E-state index contributed by atoms with van der Waals surface area (Å²) in [6, 6.07) is 10.7. The third-order valence-corrected chi connectivity index (χ3v) is 4.11. The van der Waals surface area contributed by atoms with E-state index in [1.54, 1.807) is 13.1 Å². The summed E-state index contributed by atoms with van der Waals surface area (Å²) in [7, 11) is 1.73. The highest BCUT2D eigenvalue weighted by Crippen LogP contribution is 2.32. The van der Waals surface area contributed by atoms with E-state index in [4.69, 9.17) is 9.47 Å². The van der Waals surface area contributed by atoms with Crippen molar-refractivity contribution in [2.45, 2.75) is 19.9 Å². The van der Waals surface area contributed by atoms with Crippen LogP contribution in [0.4, 0.5) is 4.39 Å². The first kappa shape index (κ1) is 20.3. The number of benzene rings is 2. The number of halogens is 2. The predicted octanol–water partition coefficient (Wildman–Crippen LogP) is 3.39. The molecule has 0 aromatic heterocycles. The van der Waals surface area contributed by atoms with Gasteiger partial charge in [0.05, 0.1) is 0 Å². The zero-order valence-electron chi connectivity index (χ0n) is 14.8. The molecular weight excluding hydrogens is 448 g/mol. The Kier molecular flexibility index (Phi) is 7.50. The molecule has 7 heteroatoms. The van der Waals surface area contributed by atoms with Crippen molar-refractivity contribution in [3.05, 3.63) is 58.9 Å². The molecule has 0 fully saturated rings. The average Bonchev–Trinajstić information content (AvgIpc) is 3.07. The van der Waals surface area contributed by atoms with Crippen molar-refractivity contribution in [3.8, 4) is 11.5 Å². The summed E-state index contributed by atoms with van der Waals surface area (Å²) >= 11 is 0. The van der Waals surface area contributed by atoms with Gasteiger partial charge in [0, 0.05) is 20.1 Å². The second kappa shape index (κ2) is 9.61. The first-order chi connectivity index (χ1) is 12.2. The van der Waals surface area contributed by atoms with Gasteiger partial charge in [0.1, 0.15) is 5.82 Å². The normalized spacial score (nSPS) is 12.5. The lowest BCUT2D eigenvalue weighted by molar-refractivity contribution is 0.174. The molecule has 140 valence electrons. The van der Waals surface area contributed by atoms with E-state index in [-0.39, 0.29) is 36.6 Å². The molecule has 0 saturated heterocycles. The Morgan fingerprint density at radius 2 is 1.92 bits per heavy atom. The predicted molar refractivity (Wildman–Crippen MR) is 111 cm³/mol. The number of ether oxygens (including phenoxy) is 2. The van der Waals surface area contributed by atoms with Crippen molar-refractivity contribution < 1.29 is 13.9 Å². The molecule has 1 heterocycles. The molecular formula is C19H23FIN3O2. The summed E-state index contributed by atoms with van der Waals surface area (Å²) in [5.74, 6) is 2.07. The lowest BCUT2D eigenvalue weighted by Crippen LogP contribution is -2.37. The van der Waals surface area contributed by atoms with Crippen molar-refractivity contribution in [3.63, 3.8) is 0 Å². The molecule has 0 radical (unpaired) electrons. The fraction of sp³-hybridized carbons (Fsp3) is 0.316. The van der Waals surface area contributed by atoms with E-state index in [1.165, 1.54) is 6.07 Å². The Morgan fingerprint density at radius 3 is 2.69 bits per heavy atom. The molecule has 1 aliphatic heterocycles. The summed E-state index contributed by atoms with van der Waals surface area (Å²) in [4.78, 5) is 4.22. The van der Waals surface area contributed by atoms with E-state index in [2.05, 4.69) is 15.6 Å². The Bertz CT molecular complexity index is 783. The van der Waals surface area contributed by atoms with E-state index in [1.807, 2.05) is 31.2 Å². The van der Waals surface area contributed by atoms with Gasteiger partial charge in [0.25, 0.3) is 0 Å². The highest BCUT2D eigenvalue weighted by Gasteiger charge is 2.13. The Balaban J connectivity index is 0.00000243. The van der Waals surface area contributed by atoms with Gasteiger partial charge in [-0.1, -0.05) is 12.1 Å². The van der Waals surface area contributed by atoms with Crippen LogP contribution in [0.1, 0.15) is 16.7 Å². The topological polar surface area (TPSA) is 54.9 Å². The lowest BCUT2D eigenvalue weighted by atomic mass is 10.1. The van der Waals surface area contributed by atoms with Gasteiger partial charge >= 0.3 is 0 Å². The number of nitrogens with zero attached hydrogens (tertiary/aromatic N) is 1. The zero-order valence-corrected chi connectivity index (χ0v) is 17.2. The van der Waals surface area contributed by atoms with Crippen LogP contribution >= 0.6 is 24.0 Å². The molecule has 0 bridgehead atoms. The standard InChI is InChI=1S/C19H22FN3O2.HI/c1-13-9-16(20)5-4-15(13)7-8-22-19(21-2)23-11-14-3-6-17-18(10-14)25-12-24-17;/h3-6,9-10H,7-8,11-12H2,1-2H3,(H2,21,22,23);1H. The van der Waals surface area contributed by atoms with Gasteiger partial charge in [-0.3, -0.25) is 4.99 Å². The van der Waals surface area contributed by atoms with Gasteiger partial charge < -0.3 is 20.1 Å². The largest absolute Gasteiger partial charge is 0.454 e. The molecule has 0 spiro atoms. The molecule has 1 aliphatic rings. The van der Waals surface area contributed by atoms with Crippen LogP contribution in [0.15, 0.2) is 41.4 Å². The third kappa shape index (κ3) is 5.23. The van der Waals surface area contributed by atoms with Gasteiger partial charge in [0.2, 0.25) is 6.79 Å². The molecule has 0 aliphatic carbocycles. The summed E-state index contributed by atoms with van der Waals surface area (Å²) < 4.78 is 23.8. The number of guanidine groups is 1. The number of fused-ring (bicyclic) bond motifs is 1. The maximum absolute atomic E-state index is 13.1. The van der Waals surface area contributed by atoms with Crippen LogP contribution in [0.5, 0.6) is 11.5 Å². The number of aryl methyl sites for hydroxylation is 1. The Hall–Kier alpha value is -2.03. The Morgan fingerprint density at radius 1 is 1.12 bits per heavy atom. The summed E-state index contributed by atoms with van der Waals surface area (Å²) in [6.07, 6.45) is 0.802. The smallest absolute Gasteiger partial charge is 0.231 e. The van der Waals surface area contributed by atoms with Crippen LogP contribution in [0.25, 0.3) is 0 Å². The SMILES string of the molecule is CN=C(NCCc1ccc(F)cc1C)NCc1ccc2c(c1)OCO2.I. The summed E-state index contributed by atoms with van der Waals surface area (Å²) in [6.45, 7) is 3.54. The number of hydrogen-bond acceptors (Lipinski definition) is 3. The first-order valence-electron chi connectivity index (χ1n) is 8.24. The second-order valence-corrected chi connectivity index (χ2v) is 5.86. The van der Waals surface area contributed by atoms with Crippen LogP contribution in [-0.4, -0.2) is 26.3 Å². The van der Waals surface area contributed by atoms with Crippen LogP contribution in [0.2, 0.25) is 0 Å². The molecule has 0 amide bonds. The first-order valence-corrected chi connectivity index (χ1v) is 8.24. The molecule has 5 nitrogen and oxygen atoms in total. The minimum absolute atomic E-state index is 0. The fourth-order valence-corrected chi connectivity index (χ4v) is 2.71. The number of hydrogen-bond donors (Lipinski definition) is 2. The molecule has 2 aromatic rings. The van der Waals surface area contributed by atoms with Gasteiger partial charge in [-0.15, -0.1) is 24.0 Å². The van der Waals surface area contributed by atoms with Crippen molar-refractivity contribution >= 4 is 29.9 Å². The van der Waals surface area contributed by atoms with Crippen molar-refractivity contribution in [1.29, 1.82) is 0 Å². The quantitative estimate of drug-likeness (QED) is 0.399. The maximum atomic E-state index is 13.1. The molecule has 3 rings (SSSR count). The van der Waals surface area contributed by atoms with E-state index in [0.717, 1.165) is 40.6 Å². The molecule has 26 heavy (non-hydrogen) atoms. The van der Waals surface area contributed by atoms with Crippen LogP contribution in [0.3, 0.4) is 0 Å². The number of rotatable bonds is 5. The van der Waals surface area contributed by atoms with Gasteiger partial charge in [-0.25, -0.2) is 4.39 Å². The zero-order chi connectivity index (χ0) is 17.6. The van der Waals surface area contributed by atoms with Crippen molar-refractivity contribution in [2.75, 3.05) is 20.4 Å². The fourth-order valence-electron chi connectivity index (χ4n) is 2.71. The summed E-state index contributed by atoms with van der Waals surface area (Å²) in [5.41, 5.74) is 3.17. The monoisotopic (exact) mass is 471 g/mol. The van der Waals surface area contributed by atoms with E-state index in [0.29, 0.717) is 13.1 Å². The minimum Gasteiger partial charge on any atom is -0.454 e. The third-order valence-electron chi connectivity index (χ3n) is 4.11. The van der Waals surface area contributed by atoms with Crippen LogP contribution in [-0.2, 0) is 13.0 Å². The molecule has 0 atom stereocenters. The maximum Gasteiger partial charge on any atom is 0.231 e. The van der Waals surface area contributed by atoms with Gasteiger partial charge in [0.15, 0.2) is 17.5 Å². The van der Waals surface area contributed by atoms with Gasteiger partial charge in [-0.05, 0) is 54.3 Å². The van der Waals surface area contributed by atoms with Crippen LogP contribution < -0.4 is 20.1 Å². The number of aliphatic imine (C=N–C) groups is 1. The van der Waals surface area contributed by atoms with E-state index in [9.17, 15) is 4.39 Å². The average molecular weight is 471 g/mol. The van der Waals surface area contributed by atoms with E-state index >= 15 is 0 Å². The van der Waals surface area contributed by atoms with Crippen molar-refractivity contribution in [1.82, 2.24) is 10.6 Å². The lowest BCUT2D eigenvalue weighted by Gasteiger charge is -2.13. The highest BCUT2D eigenvalue weighted by molar-refractivity contribution is 14.0. The molecule has 2 N–H and O–H groups in total. The molecule has 2 aromatic carbocycles. The second-order valence-electron chi connectivity index (χ2n) is 5.86. The van der Waals surface area contributed by atoms with E-state index < -0.39 is 0 Å². The molecule has 0 saturated carbocycles. The highest BCUT2D eigenvalue weighted by atomic mass is 127. The van der Waals surface area contributed by atoms with Gasteiger partial charge in [-0.2, -0.15) is 0 Å². The van der Waals surface area contributed by atoms with Crippen molar-refractivity contribution in [2.24, 2.45) is 4.99 Å².